The largest absolute Gasteiger partial charge is 0.355 e. The zero-order valence-corrected chi connectivity index (χ0v) is 7.88. The summed E-state index contributed by atoms with van der Waals surface area (Å²) in [6.45, 7) is 0.502. The fourth-order valence-corrected chi connectivity index (χ4v) is 1.81. The Morgan fingerprint density at radius 2 is 2.15 bits per heavy atom. The Bertz CT molecular complexity index is 201. The molecule has 1 aliphatic rings. The summed E-state index contributed by atoms with van der Waals surface area (Å²) in [6, 6.07) is 2.00. The molecule has 1 aliphatic carbocycles. The van der Waals surface area contributed by atoms with E-state index in [0.29, 0.717) is 25.3 Å². The summed E-state index contributed by atoms with van der Waals surface area (Å²) in [5.74, 6) is 0.712. The van der Waals surface area contributed by atoms with Crippen molar-refractivity contribution in [1.29, 1.82) is 5.26 Å². The van der Waals surface area contributed by atoms with Gasteiger partial charge in [-0.3, -0.25) is 4.79 Å². The Kier molecular flexibility index (Phi) is 4.31. The number of rotatable bonds is 4. The molecule has 0 radical (unpaired) electrons. The standard InChI is InChI=1S/C10H16N2O/c11-6-3-7-12-10(13)8-9-4-1-2-5-9/h9H,1-5,7-8H2,(H,12,13). The van der Waals surface area contributed by atoms with Crippen LogP contribution >= 0.6 is 0 Å². The van der Waals surface area contributed by atoms with Crippen LogP contribution in [0.4, 0.5) is 0 Å². The van der Waals surface area contributed by atoms with E-state index in [4.69, 9.17) is 5.26 Å². The minimum absolute atomic E-state index is 0.113. The smallest absolute Gasteiger partial charge is 0.220 e. The molecule has 0 unspecified atom stereocenters. The van der Waals surface area contributed by atoms with Gasteiger partial charge < -0.3 is 5.32 Å². The van der Waals surface area contributed by atoms with Crippen molar-refractivity contribution in [2.75, 3.05) is 6.54 Å². The molecule has 3 nitrogen and oxygen atoms in total. The molecule has 1 fully saturated rings. The van der Waals surface area contributed by atoms with Crippen LogP contribution in [-0.4, -0.2) is 12.5 Å². The Hall–Kier alpha value is -1.04. The lowest BCUT2D eigenvalue weighted by atomic mass is 10.0. The summed E-state index contributed by atoms with van der Waals surface area (Å²) in [5.41, 5.74) is 0. The number of carbonyl (C=O) groups is 1. The van der Waals surface area contributed by atoms with Crippen LogP contribution in [-0.2, 0) is 4.79 Å². The van der Waals surface area contributed by atoms with Crippen molar-refractivity contribution in [3.05, 3.63) is 0 Å². The van der Waals surface area contributed by atoms with Crippen molar-refractivity contribution >= 4 is 5.91 Å². The van der Waals surface area contributed by atoms with Crippen LogP contribution in [0.2, 0.25) is 0 Å². The van der Waals surface area contributed by atoms with Crippen molar-refractivity contribution < 1.29 is 4.79 Å². The molecule has 0 heterocycles. The fourth-order valence-electron chi connectivity index (χ4n) is 1.81. The molecule has 1 saturated carbocycles. The van der Waals surface area contributed by atoms with E-state index in [1.165, 1.54) is 25.7 Å². The van der Waals surface area contributed by atoms with Gasteiger partial charge in [0.15, 0.2) is 0 Å². The lowest BCUT2D eigenvalue weighted by Gasteiger charge is -2.07. The SMILES string of the molecule is N#CCCNC(=O)CC1CCCC1. The summed E-state index contributed by atoms with van der Waals surface area (Å²) in [7, 11) is 0. The summed E-state index contributed by atoms with van der Waals surface area (Å²) < 4.78 is 0. The molecule has 0 bridgehead atoms. The number of nitrogens with zero attached hydrogens (tertiary/aromatic N) is 1. The maximum atomic E-state index is 11.3. The lowest BCUT2D eigenvalue weighted by molar-refractivity contribution is -0.121. The normalized spacial score (nSPS) is 16.8. The van der Waals surface area contributed by atoms with E-state index in [-0.39, 0.29) is 5.91 Å². The lowest BCUT2D eigenvalue weighted by Crippen LogP contribution is -2.25. The highest BCUT2D eigenvalue weighted by molar-refractivity contribution is 5.76. The monoisotopic (exact) mass is 180 g/mol. The van der Waals surface area contributed by atoms with Gasteiger partial charge in [0.05, 0.1) is 12.5 Å². The Morgan fingerprint density at radius 1 is 1.46 bits per heavy atom. The predicted molar refractivity (Wildman–Crippen MR) is 49.8 cm³/mol. The molecule has 0 aromatic heterocycles. The minimum Gasteiger partial charge on any atom is -0.355 e. The zero-order valence-electron chi connectivity index (χ0n) is 7.88. The number of nitrogens with one attached hydrogen (secondary N) is 1. The molecular formula is C10H16N2O. The van der Waals surface area contributed by atoms with Crippen molar-refractivity contribution in [2.45, 2.75) is 38.5 Å². The topological polar surface area (TPSA) is 52.9 Å². The number of hydrogen-bond acceptors (Lipinski definition) is 2. The van der Waals surface area contributed by atoms with Crippen LogP contribution in [0.3, 0.4) is 0 Å². The van der Waals surface area contributed by atoms with Gasteiger partial charge in [0.1, 0.15) is 0 Å². The Labute approximate surface area is 79.1 Å². The van der Waals surface area contributed by atoms with Crippen LogP contribution in [0, 0.1) is 17.2 Å². The van der Waals surface area contributed by atoms with E-state index in [0.717, 1.165) is 0 Å². The minimum atomic E-state index is 0.113. The molecule has 0 spiro atoms. The van der Waals surface area contributed by atoms with Crippen molar-refractivity contribution in [3.63, 3.8) is 0 Å². The summed E-state index contributed by atoms with van der Waals surface area (Å²) in [5, 5.41) is 11.0. The molecule has 72 valence electrons. The van der Waals surface area contributed by atoms with Gasteiger partial charge in [0.25, 0.3) is 0 Å². The van der Waals surface area contributed by atoms with E-state index < -0.39 is 0 Å². The maximum absolute atomic E-state index is 11.3. The highest BCUT2D eigenvalue weighted by Gasteiger charge is 2.17. The van der Waals surface area contributed by atoms with Crippen LogP contribution in [0.25, 0.3) is 0 Å². The van der Waals surface area contributed by atoms with Gasteiger partial charge in [-0.05, 0) is 18.8 Å². The average Bonchev–Trinajstić information content (AvgIpc) is 2.57. The first-order valence-electron chi connectivity index (χ1n) is 4.96. The summed E-state index contributed by atoms with van der Waals surface area (Å²) >= 11 is 0. The van der Waals surface area contributed by atoms with Gasteiger partial charge in [-0.25, -0.2) is 0 Å². The van der Waals surface area contributed by atoms with Gasteiger partial charge in [0.2, 0.25) is 5.91 Å². The van der Waals surface area contributed by atoms with E-state index in [1.807, 2.05) is 6.07 Å². The maximum Gasteiger partial charge on any atom is 0.220 e. The fraction of sp³-hybridized carbons (Fsp3) is 0.800. The van der Waals surface area contributed by atoms with E-state index in [1.54, 1.807) is 0 Å². The quantitative estimate of drug-likeness (QED) is 0.668. The predicted octanol–water partition coefficient (Wildman–Crippen LogP) is 1.60. The van der Waals surface area contributed by atoms with Crippen molar-refractivity contribution in [3.8, 4) is 6.07 Å². The molecule has 0 aromatic rings. The van der Waals surface area contributed by atoms with Crippen LogP contribution < -0.4 is 5.32 Å². The number of hydrogen-bond donors (Lipinski definition) is 1. The van der Waals surface area contributed by atoms with Crippen molar-refractivity contribution in [1.82, 2.24) is 5.32 Å². The van der Waals surface area contributed by atoms with Crippen LogP contribution in [0.5, 0.6) is 0 Å². The molecule has 3 heteroatoms. The first-order valence-corrected chi connectivity index (χ1v) is 4.96. The molecule has 13 heavy (non-hydrogen) atoms. The molecular weight excluding hydrogens is 164 g/mol. The third kappa shape index (κ3) is 3.93. The molecule has 1 N–H and O–H groups in total. The molecule has 1 rings (SSSR count). The number of nitriles is 1. The van der Waals surface area contributed by atoms with Gasteiger partial charge in [0, 0.05) is 13.0 Å². The van der Waals surface area contributed by atoms with Gasteiger partial charge in [-0.15, -0.1) is 0 Å². The number of carbonyl (C=O) groups excluding carboxylic acids is 1. The highest BCUT2D eigenvalue weighted by atomic mass is 16.1. The molecule has 1 amide bonds. The highest BCUT2D eigenvalue weighted by Crippen LogP contribution is 2.27. The van der Waals surface area contributed by atoms with Gasteiger partial charge in [-0.1, -0.05) is 12.8 Å². The first-order chi connectivity index (χ1) is 6.33. The summed E-state index contributed by atoms with van der Waals surface area (Å²) in [4.78, 5) is 11.3. The Balaban J connectivity index is 2.07. The van der Waals surface area contributed by atoms with E-state index in [9.17, 15) is 4.79 Å². The first kappa shape index (κ1) is 10.0. The second kappa shape index (κ2) is 5.58. The summed E-state index contributed by atoms with van der Waals surface area (Å²) in [6.07, 6.45) is 6.02. The average molecular weight is 180 g/mol. The van der Waals surface area contributed by atoms with E-state index in [2.05, 4.69) is 5.32 Å². The number of amides is 1. The van der Waals surface area contributed by atoms with Crippen molar-refractivity contribution in [2.24, 2.45) is 5.92 Å². The third-order valence-corrected chi connectivity index (χ3v) is 2.51. The van der Waals surface area contributed by atoms with Gasteiger partial charge in [-0.2, -0.15) is 5.26 Å². The van der Waals surface area contributed by atoms with Crippen LogP contribution in [0.15, 0.2) is 0 Å². The Morgan fingerprint density at radius 3 is 2.77 bits per heavy atom. The molecule has 0 aromatic carbocycles. The van der Waals surface area contributed by atoms with Gasteiger partial charge >= 0.3 is 0 Å². The zero-order chi connectivity index (χ0) is 9.52. The second-order valence-electron chi connectivity index (χ2n) is 3.61. The van der Waals surface area contributed by atoms with E-state index >= 15 is 0 Å². The molecule has 0 saturated heterocycles. The third-order valence-electron chi connectivity index (χ3n) is 2.51. The molecule has 0 atom stereocenters. The van der Waals surface area contributed by atoms with Crippen LogP contribution in [0.1, 0.15) is 38.5 Å². The molecule has 0 aliphatic heterocycles. The second-order valence-corrected chi connectivity index (χ2v) is 3.61.